The Bertz CT molecular complexity index is 791. The van der Waals surface area contributed by atoms with Crippen molar-refractivity contribution in [3.05, 3.63) is 60.4 Å². The third-order valence-corrected chi connectivity index (χ3v) is 5.83. The molecule has 1 aliphatic heterocycles. The van der Waals surface area contributed by atoms with Crippen molar-refractivity contribution in [2.45, 2.75) is 4.90 Å². The summed E-state index contributed by atoms with van der Waals surface area (Å²) in [7, 11) is -3.81. The maximum Gasteiger partial charge on any atom is 0.243 e. The molecule has 3 rings (SSSR count). The van der Waals surface area contributed by atoms with Gasteiger partial charge in [-0.15, -0.1) is 0 Å². The number of anilines is 1. The molecule has 0 radical (unpaired) electrons. The Hall–Kier alpha value is -1.96. The minimum atomic E-state index is -3.81. The van der Waals surface area contributed by atoms with Crippen LogP contribution in [0.2, 0.25) is 0 Å². The van der Waals surface area contributed by atoms with Crippen molar-refractivity contribution in [3.8, 4) is 0 Å². The van der Waals surface area contributed by atoms with Crippen LogP contribution in [0.1, 0.15) is 0 Å². The molecular weight excluding hydrogens is 341 g/mol. The van der Waals surface area contributed by atoms with Crippen LogP contribution < -0.4 is 9.62 Å². The van der Waals surface area contributed by atoms with Crippen LogP contribution in [0.5, 0.6) is 0 Å². The molecule has 0 atom stereocenters. The predicted molar refractivity (Wildman–Crippen MR) is 96.7 cm³/mol. The third kappa shape index (κ3) is 4.56. The summed E-state index contributed by atoms with van der Waals surface area (Å²) in [5.74, 6) is -0.730. The number of hydrogen-bond donors (Lipinski definition) is 1. The molecule has 7 heteroatoms. The van der Waals surface area contributed by atoms with Crippen molar-refractivity contribution in [3.63, 3.8) is 0 Å². The molecule has 0 spiro atoms. The molecule has 0 unspecified atom stereocenters. The summed E-state index contributed by atoms with van der Waals surface area (Å²) < 4.78 is 40.4. The molecule has 134 valence electrons. The van der Waals surface area contributed by atoms with E-state index in [-0.39, 0.29) is 11.4 Å². The van der Waals surface area contributed by atoms with Crippen molar-refractivity contribution >= 4 is 15.7 Å². The summed E-state index contributed by atoms with van der Waals surface area (Å²) >= 11 is 0. The number of para-hydroxylation sites is 1. The fraction of sp³-hybridized carbons (Fsp3) is 0.333. The van der Waals surface area contributed by atoms with Gasteiger partial charge in [0.15, 0.2) is 0 Å². The molecule has 0 bridgehead atoms. The van der Waals surface area contributed by atoms with Crippen molar-refractivity contribution in [1.82, 2.24) is 9.62 Å². The van der Waals surface area contributed by atoms with Gasteiger partial charge in [0.05, 0.1) is 0 Å². The average Bonchev–Trinajstić information content (AvgIpc) is 2.63. The Labute approximate surface area is 148 Å². The SMILES string of the molecule is O=S(=O)(NCCN1CCN(c2ccccc2)CC1)c1ccccc1F. The van der Waals surface area contributed by atoms with E-state index in [2.05, 4.69) is 26.7 Å². The summed E-state index contributed by atoms with van der Waals surface area (Å²) in [5.41, 5.74) is 1.21. The normalized spacial score (nSPS) is 16.1. The molecule has 1 fully saturated rings. The van der Waals surface area contributed by atoms with Gasteiger partial charge in [0, 0.05) is 45.0 Å². The number of rotatable bonds is 6. The standard InChI is InChI=1S/C18H22FN3O2S/c19-17-8-4-5-9-18(17)25(23,24)20-10-11-21-12-14-22(15-13-21)16-6-2-1-3-7-16/h1-9,20H,10-15H2. The van der Waals surface area contributed by atoms with E-state index in [9.17, 15) is 12.8 Å². The maximum atomic E-state index is 13.6. The van der Waals surface area contributed by atoms with Crippen molar-refractivity contribution in [1.29, 1.82) is 0 Å². The first-order valence-corrected chi connectivity index (χ1v) is 9.81. The number of benzene rings is 2. The fourth-order valence-corrected chi connectivity index (χ4v) is 4.05. The van der Waals surface area contributed by atoms with Crippen LogP contribution in [0.4, 0.5) is 10.1 Å². The quantitative estimate of drug-likeness (QED) is 0.852. The number of nitrogens with one attached hydrogen (secondary N) is 1. The zero-order chi connectivity index (χ0) is 17.7. The van der Waals surface area contributed by atoms with E-state index >= 15 is 0 Å². The minimum absolute atomic E-state index is 0.266. The van der Waals surface area contributed by atoms with E-state index in [1.54, 1.807) is 0 Å². The van der Waals surface area contributed by atoms with Gasteiger partial charge in [-0.05, 0) is 24.3 Å². The third-order valence-electron chi connectivity index (χ3n) is 4.34. The first-order chi connectivity index (χ1) is 12.1. The smallest absolute Gasteiger partial charge is 0.243 e. The van der Waals surface area contributed by atoms with E-state index < -0.39 is 15.8 Å². The lowest BCUT2D eigenvalue weighted by Gasteiger charge is -2.36. The summed E-state index contributed by atoms with van der Waals surface area (Å²) in [6, 6.07) is 15.7. The number of piperazine rings is 1. The van der Waals surface area contributed by atoms with Crippen molar-refractivity contribution < 1.29 is 12.8 Å². The molecule has 5 nitrogen and oxygen atoms in total. The molecule has 2 aromatic rings. The molecule has 0 aromatic heterocycles. The number of hydrogen-bond acceptors (Lipinski definition) is 4. The second-order valence-electron chi connectivity index (χ2n) is 5.99. The van der Waals surface area contributed by atoms with E-state index in [1.807, 2.05) is 18.2 Å². The molecule has 0 aliphatic carbocycles. The van der Waals surface area contributed by atoms with Crippen LogP contribution in [0.3, 0.4) is 0 Å². The monoisotopic (exact) mass is 363 g/mol. The van der Waals surface area contributed by atoms with Crippen LogP contribution in [0.15, 0.2) is 59.5 Å². The Morgan fingerprint density at radius 1 is 0.920 bits per heavy atom. The van der Waals surface area contributed by atoms with Gasteiger partial charge in [0.1, 0.15) is 10.7 Å². The zero-order valence-electron chi connectivity index (χ0n) is 13.9. The van der Waals surface area contributed by atoms with Gasteiger partial charge in [-0.1, -0.05) is 30.3 Å². The number of nitrogens with zero attached hydrogens (tertiary/aromatic N) is 2. The van der Waals surface area contributed by atoms with E-state index in [4.69, 9.17) is 0 Å². The highest BCUT2D eigenvalue weighted by molar-refractivity contribution is 7.89. The summed E-state index contributed by atoms with van der Waals surface area (Å²) in [4.78, 5) is 4.23. The van der Waals surface area contributed by atoms with Crippen LogP contribution >= 0.6 is 0 Å². The Balaban J connectivity index is 1.47. The van der Waals surface area contributed by atoms with Gasteiger partial charge in [0.2, 0.25) is 10.0 Å². The molecule has 25 heavy (non-hydrogen) atoms. The Morgan fingerprint density at radius 2 is 1.56 bits per heavy atom. The van der Waals surface area contributed by atoms with Gasteiger partial charge in [0.25, 0.3) is 0 Å². The molecule has 0 amide bonds. The number of halogens is 1. The maximum absolute atomic E-state index is 13.6. The average molecular weight is 363 g/mol. The molecule has 2 aromatic carbocycles. The van der Waals surface area contributed by atoms with Crippen molar-refractivity contribution in [2.24, 2.45) is 0 Å². The molecule has 0 saturated carbocycles. The summed E-state index contributed by atoms with van der Waals surface area (Å²) in [6.07, 6.45) is 0. The van der Waals surface area contributed by atoms with Gasteiger partial charge in [-0.25, -0.2) is 17.5 Å². The van der Waals surface area contributed by atoms with Crippen LogP contribution in [-0.4, -0.2) is 52.6 Å². The van der Waals surface area contributed by atoms with Crippen LogP contribution in [-0.2, 0) is 10.0 Å². The predicted octanol–water partition coefficient (Wildman–Crippen LogP) is 1.93. The molecule has 1 heterocycles. The van der Waals surface area contributed by atoms with Crippen LogP contribution in [0, 0.1) is 5.82 Å². The van der Waals surface area contributed by atoms with Gasteiger partial charge in [-0.2, -0.15) is 0 Å². The summed E-state index contributed by atoms with van der Waals surface area (Å²) in [6.45, 7) is 4.43. The number of sulfonamides is 1. The first kappa shape index (κ1) is 17.8. The molecular formula is C18H22FN3O2S. The fourth-order valence-electron chi connectivity index (χ4n) is 2.95. The first-order valence-electron chi connectivity index (χ1n) is 8.33. The molecule has 1 saturated heterocycles. The highest BCUT2D eigenvalue weighted by Crippen LogP contribution is 2.15. The van der Waals surface area contributed by atoms with Gasteiger partial charge < -0.3 is 4.90 Å². The lowest BCUT2D eigenvalue weighted by atomic mass is 10.2. The lowest BCUT2D eigenvalue weighted by molar-refractivity contribution is 0.262. The van der Waals surface area contributed by atoms with Gasteiger partial charge in [-0.3, -0.25) is 4.90 Å². The zero-order valence-corrected chi connectivity index (χ0v) is 14.8. The molecule has 1 aliphatic rings. The Kier molecular flexibility index (Phi) is 5.67. The van der Waals surface area contributed by atoms with Gasteiger partial charge >= 0.3 is 0 Å². The van der Waals surface area contributed by atoms with Crippen molar-refractivity contribution in [2.75, 3.05) is 44.2 Å². The van der Waals surface area contributed by atoms with E-state index in [1.165, 1.54) is 23.9 Å². The molecule has 1 N–H and O–H groups in total. The largest absolute Gasteiger partial charge is 0.369 e. The lowest BCUT2D eigenvalue weighted by Crippen LogP contribution is -2.48. The topological polar surface area (TPSA) is 52.7 Å². The highest BCUT2D eigenvalue weighted by atomic mass is 32.2. The van der Waals surface area contributed by atoms with E-state index in [0.717, 1.165) is 32.2 Å². The minimum Gasteiger partial charge on any atom is -0.369 e. The Morgan fingerprint density at radius 3 is 2.24 bits per heavy atom. The highest BCUT2D eigenvalue weighted by Gasteiger charge is 2.20. The summed E-state index contributed by atoms with van der Waals surface area (Å²) in [5, 5.41) is 0. The second kappa shape index (κ2) is 7.95. The van der Waals surface area contributed by atoms with Crippen LogP contribution in [0.25, 0.3) is 0 Å². The second-order valence-corrected chi connectivity index (χ2v) is 7.73. The van der Waals surface area contributed by atoms with E-state index in [0.29, 0.717) is 6.54 Å².